The van der Waals surface area contributed by atoms with Gasteiger partial charge in [-0.3, -0.25) is 4.79 Å². The quantitative estimate of drug-likeness (QED) is 0.703. The Morgan fingerprint density at radius 2 is 1.92 bits per heavy atom. The molecule has 5 nitrogen and oxygen atoms in total. The number of nitrogens with zero attached hydrogens (tertiary/aromatic N) is 1. The Morgan fingerprint density at radius 1 is 1.25 bits per heavy atom. The molecule has 0 unspecified atom stereocenters. The molecule has 1 N–H and O–H groups in total. The van der Waals surface area contributed by atoms with Crippen LogP contribution >= 0.6 is 38.9 Å². The number of carbonyl (C=O) groups is 1. The Labute approximate surface area is 158 Å². The monoisotopic (exact) mass is 450 g/mol. The Kier molecular flexibility index (Phi) is 6.82. The minimum Gasteiger partial charge on any atom is -0.355 e. The van der Waals surface area contributed by atoms with Crippen LogP contribution < -0.4 is 5.32 Å². The number of amides is 1. The molecule has 0 aliphatic carbocycles. The fraction of sp³-hybridized carbons (Fsp3) is 0.267. The maximum absolute atomic E-state index is 12.3. The zero-order valence-electron chi connectivity index (χ0n) is 12.8. The molecule has 1 aromatic carbocycles. The molecule has 130 valence electrons. The molecular formula is C15H16BrClN2O3S2. The van der Waals surface area contributed by atoms with Crippen LogP contribution in [0.4, 0.5) is 0 Å². The van der Waals surface area contributed by atoms with Crippen molar-refractivity contribution >= 4 is 54.8 Å². The van der Waals surface area contributed by atoms with Gasteiger partial charge in [0, 0.05) is 18.6 Å². The minimum absolute atomic E-state index is 0.200. The van der Waals surface area contributed by atoms with Crippen molar-refractivity contribution in [3.8, 4) is 0 Å². The Balaban J connectivity index is 1.84. The lowest BCUT2D eigenvalue weighted by Gasteiger charge is -2.15. The average molecular weight is 452 g/mol. The summed E-state index contributed by atoms with van der Waals surface area (Å²) in [6, 6.07) is 10.5. The SMILES string of the molecule is CN(CC(=O)NCCc1ccc(Cl)cc1)S(=O)(=O)c1ccc(Br)s1. The Hall–Kier alpha value is -0.930. The third-order valence-electron chi connectivity index (χ3n) is 3.23. The van der Waals surface area contributed by atoms with Gasteiger partial charge in [0.05, 0.1) is 10.3 Å². The highest BCUT2D eigenvalue weighted by Gasteiger charge is 2.24. The van der Waals surface area contributed by atoms with Gasteiger partial charge in [0.2, 0.25) is 5.91 Å². The van der Waals surface area contributed by atoms with E-state index in [-0.39, 0.29) is 16.7 Å². The second-order valence-electron chi connectivity index (χ2n) is 5.05. The van der Waals surface area contributed by atoms with Crippen LogP contribution in [0.2, 0.25) is 5.02 Å². The molecule has 0 saturated carbocycles. The summed E-state index contributed by atoms with van der Waals surface area (Å²) in [5.74, 6) is -0.342. The molecule has 0 bridgehead atoms. The van der Waals surface area contributed by atoms with Crippen LogP contribution in [0.25, 0.3) is 0 Å². The zero-order valence-corrected chi connectivity index (χ0v) is 16.8. The van der Waals surface area contributed by atoms with Crippen LogP contribution in [-0.2, 0) is 21.2 Å². The van der Waals surface area contributed by atoms with E-state index in [0.29, 0.717) is 18.0 Å². The molecule has 0 atom stereocenters. The molecule has 1 heterocycles. The van der Waals surface area contributed by atoms with E-state index >= 15 is 0 Å². The van der Waals surface area contributed by atoms with Gasteiger partial charge in [-0.2, -0.15) is 4.31 Å². The molecule has 2 rings (SSSR count). The zero-order chi connectivity index (χ0) is 17.7. The van der Waals surface area contributed by atoms with Crippen molar-refractivity contribution in [3.63, 3.8) is 0 Å². The first-order chi connectivity index (χ1) is 11.3. The topological polar surface area (TPSA) is 66.5 Å². The van der Waals surface area contributed by atoms with Crippen molar-refractivity contribution in [1.82, 2.24) is 9.62 Å². The molecule has 1 amide bonds. The van der Waals surface area contributed by atoms with E-state index < -0.39 is 10.0 Å². The largest absolute Gasteiger partial charge is 0.355 e. The molecule has 0 radical (unpaired) electrons. The van der Waals surface area contributed by atoms with Gasteiger partial charge in [-0.25, -0.2) is 8.42 Å². The summed E-state index contributed by atoms with van der Waals surface area (Å²) in [5.41, 5.74) is 1.05. The summed E-state index contributed by atoms with van der Waals surface area (Å²) in [6.45, 7) is 0.206. The molecule has 0 saturated heterocycles. The van der Waals surface area contributed by atoms with Gasteiger partial charge >= 0.3 is 0 Å². The third-order valence-corrected chi connectivity index (χ3v) is 7.37. The highest BCUT2D eigenvalue weighted by atomic mass is 79.9. The lowest BCUT2D eigenvalue weighted by Crippen LogP contribution is -2.38. The fourth-order valence-electron chi connectivity index (χ4n) is 1.93. The lowest BCUT2D eigenvalue weighted by molar-refractivity contribution is -0.121. The minimum atomic E-state index is -3.65. The van der Waals surface area contributed by atoms with E-state index in [0.717, 1.165) is 25.0 Å². The number of halogens is 2. The lowest BCUT2D eigenvalue weighted by atomic mass is 10.1. The maximum atomic E-state index is 12.3. The number of thiophene rings is 1. The number of carbonyl (C=O) groups excluding carboxylic acids is 1. The van der Waals surface area contributed by atoms with Gasteiger partial charge in [0.1, 0.15) is 4.21 Å². The van der Waals surface area contributed by atoms with Crippen molar-refractivity contribution < 1.29 is 13.2 Å². The number of hydrogen-bond acceptors (Lipinski definition) is 4. The molecular weight excluding hydrogens is 436 g/mol. The summed E-state index contributed by atoms with van der Waals surface area (Å²) in [5, 5.41) is 3.38. The first kappa shape index (κ1) is 19.4. The first-order valence-corrected chi connectivity index (χ1v) is 10.4. The van der Waals surface area contributed by atoms with Crippen LogP contribution in [0, 0.1) is 0 Å². The van der Waals surface area contributed by atoms with Crippen LogP contribution in [0.15, 0.2) is 44.4 Å². The Bertz CT molecular complexity index is 806. The normalized spacial score (nSPS) is 11.7. The van der Waals surface area contributed by atoms with Gasteiger partial charge in [-0.1, -0.05) is 23.7 Å². The van der Waals surface area contributed by atoms with Crippen molar-refractivity contribution in [1.29, 1.82) is 0 Å². The Morgan fingerprint density at radius 3 is 2.50 bits per heavy atom. The van der Waals surface area contributed by atoms with Crippen molar-refractivity contribution in [3.05, 3.63) is 50.8 Å². The van der Waals surface area contributed by atoms with E-state index in [1.165, 1.54) is 13.1 Å². The van der Waals surface area contributed by atoms with Gasteiger partial charge in [-0.05, 0) is 52.2 Å². The molecule has 0 aliphatic heterocycles. The van der Waals surface area contributed by atoms with E-state index in [9.17, 15) is 13.2 Å². The standard InChI is InChI=1S/C15H16BrClN2O3S2/c1-19(24(21,22)15-7-6-13(16)23-15)10-14(20)18-9-8-11-2-4-12(17)5-3-11/h2-7H,8-10H2,1H3,(H,18,20). The number of hydrogen-bond donors (Lipinski definition) is 1. The van der Waals surface area contributed by atoms with E-state index in [1.807, 2.05) is 12.1 Å². The molecule has 24 heavy (non-hydrogen) atoms. The van der Waals surface area contributed by atoms with Crippen molar-refractivity contribution in [2.75, 3.05) is 20.1 Å². The maximum Gasteiger partial charge on any atom is 0.252 e. The first-order valence-electron chi connectivity index (χ1n) is 7.02. The van der Waals surface area contributed by atoms with Crippen molar-refractivity contribution in [2.24, 2.45) is 0 Å². The third kappa shape index (κ3) is 5.29. The number of rotatable bonds is 7. The summed E-state index contributed by atoms with van der Waals surface area (Å²) in [6.07, 6.45) is 0.650. The van der Waals surface area contributed by atoms with E-state index in [2.05, 4.69) is 21.2 Å². The molecule has 0 fully saturated rings. The van der Waals surface area contributed by atoms with E-state index in [4.69, 9.17) is 11.6 Å². The molecule has 1 aromatic heterocycles. The van der Waals surface area contributed by atoms with Gasteiger partial charge in [-0.15, -0.1) is 11.3 Å². The predicted octanol–water partition coefficient (Wildman–Crippen LogP) is 3.14. The van der Waals surface area contributed by atoms with E-state index in [1.54, 1.807) is 18.2 Å². The summed E-state index contributed by atoms with van der Waals surface area (Å²) in [4.78, 5) is 11.9. The highest BCUT2D eigenvalue weighted by molar-refractivity contribution is 9.11. The predicted molar refractivity (Wildman–Crippen MR) is 100 cm³/mol. The molecule has 0 aliphatic rings. The average Bonchev–Trinajstić information content (AvgIpc) is 2.96. The van der Waals surface area contributed by atoms with Crippen LogP contribution in [0.3, 0.4) is 0 Å². The molecule has 9 heteroatoms. The summed E-state index contributed by atoms with van der Waals surface area (Å²) < 4.78 is 26.6. The second kappa shape index (κ2) is 8.44. The fourth-order valence-corrected chi connectivity index (χ4v) is 5.40. The molecule has 2 aromatic rings. The van der Waals surface area contributed by atoms with Crippen LogP contribution in [0.1, 0.15) is 5.56 Å². The smallest absolute Gasteiger partial charge is 0.252 e. The summed E-state index contributed by atoms with van der Waals surface area (Å²) in [7, 11) is -2.26. The van der Waals surface area contributed by atoms with Gasteiger partial charge in [0.15, 0.2) is 0 Å². The second-order valence-corrected chi connectivity index (χ2v) is 10.2. The summed E-state index contributed by atoms with van der Waals surface area (Å²) >= 11 is 10.2. The number of sulfonamides is 1. The number of nitrogens with one attached hydrogen (secondary N) is 1. The molecule has 0 spiro atoms. The highest BCUT2D eigenvalue weighted by Crippen LogP contribution is 2.27. The van der Waals surface area contributed by atoms with Crippen LogP contribution in [0.5, 0.6) is 0 Å². The number of benzene rings is 1. The van der Waals surface area contributed by atoms with Crippen molar-refractivity contribution in [2.45, 2.75) is 10.6 Å². The number of likely N-dealkylation sites (N-methyl/N-ethyl adjacent to an activating group) is 1. The van der Waals surface area contributed by atoms with Crippen LogP contribution in [-0.4, -0.2) is 38.8 Å². The van der Waals surface area contributed by atoms with Gasteiger partial charge in [0.25, 0.3) is 10.0 Å². The van der Waals surface area contributed by atoms with Gasteiger partial charge < -0.3 is 5.32 Å².